The van der Waals surface area contributed by atoms with Crippen LogP contribution in [0.2, 0.25) is 0 Å². The Morgan fingerprint density at radius 3 is 2.55 bits per heavy atom. The van der Waals surface area contributed by atoms with Gasteiger partial charge in [0.25, 0.3) is 0 Å². The standard InChI is InChI=1S/C22H23FN4O2/c1-2-17(22-26-21(27-29-22)14-8-4-3-5-9-14)20(25)19(28)13-16(24)12-15-10-6-7-11-18(15)23/h3-11,16-17,25H,2,12-13,24H2,1H3/t16-,17+/m1/s1. The van der Waals surface area contributed by atoms with Crippen LogP contribution < -0.4 is 5.73 Å². The van der Waals surface area contributed by atoms with E-state index < -0.39 is 17.7 Å². The smallest absolute Gasteiger partial charge is 0.236 e. The number of carbonyl (C=O) groups excluding carboxylic acids is 1. The fraction of sp³-hybridized carbons (Fsp3) is 0.273. The van der Waals surface area contributed by atoms with Gasteiger partial charge >= 0.3 is 0 Å². The number of nitrogens with one attached hydrogen (secondary N) is 1. The lowest BCUT2D eigenvalue weighted by Crippen LogP contribution is -2.31. The van der Waals surface area contributed by atoms with Crippen molar-refractivity contribution in [3.63, 3.8) is 0 Å². The molecule has 0 unspecified atom stereocenters. The van der Waals surface area contributed by atoms with Gasteiger partial charge in [0.15, 0.2) is 5.78 Å². The van der Waals surface area contributed by atoms with Crippen molar-refractivity contribution in [3.05, 3.63) is 71.9 Å². The zero-order chi connectivity index (χ0) is 20.8. The normalized spacial score (nSPS) is 13.1. The van der Waals surface area contributed by atoms with Gasteiger partial charge in [0.05, 0.1) is 11.6 Å². The zero-order valence-corrected chi connectivity index (χ0v) is 16.1. The molecule has 150 valence electrons. The molecule has 3 rings (SSSR count). The first-order valence-corrected chi connectivity index (χ1v) is 9.49. The largest absolute Gasteiger partial charge is 0.338 e. The Kier molecular flexibility index (Phi) is 6.61. The van der Waals surface area contributed by atoms with Gasteiger partial charge in [0, 0.05) is 18.0 Å². The van der Waals surface area contributed by atoms with Gasteiger partial charge in [-0.2, -0.15) is 4.98 Å². The first-order chi connectivity index (χ1) is 14.0. The lowest BCUT2D eigenvalue weighted by Gasteiger charge is -2.15. The third-order valence-corrected chi connectivity index (χ3v) is 4.72. The van der Waals surface area contributed by atoms with E-state index in [1.807, 2.05) is 37.3 Å². The Morgan fingerprint density at radius 2 is 1.86 bits per heavy atom. The SMILES string of the molecule is CC[C@@H](C(=N)C(=O)C[C@H](N)Cc1ccccc1F)c1nc(-c2ccccc2)no1. The van der Waals surface area contributed by atoms with Gasteiger partial charge < -0.3 is 15.7 Å². The van der Waals surface area contributed by atoms with Crippen LogP contribution in [0.4, 0.5) is 4.39 Å². The molecule has 0 amide bonds. The molecule has 3 N–H and O–H groups in total. The number of carbonyl (C=O) groups is 1. The molecule has 0 saturated heterocycles. The first kappa shape index (κ1) is 20.5. The second kappa shape index (κ2) is 9.34. The lowest BCUT2D eigenvalue weighted by molar-refractivity contribution is -0.113. The maximum absolute atomic E-state index is 13.8. The molecule has 1 aromatic heterocycles. The molecule has 0 aliphatic carbocycles. The highest BCUT2D eigenvalue weighted by Gasteiger charge is 2.28. The Hall–Kier alpha value is -3.19. The molecule has 2 aromatic carbocycles. The average Bonchev–Trinajstić information content (AvgIpc) is 3.20. The first-order valence-electron chi connectivity index (χ1n) is 9.49. The van der Waals surface area contributed by atoms with Gasteiger partial charge in [-0.1, -0.05) is 60.6 Å². The summed E-state index contributed by atoms with van der Waals surface area (Å²) in [6.45, 7) is 1.85. The number of nitrogens with two attached hydrogens (primary N) is 1. The quantitative estimate of drug-likeness (QED) is 0.535. The number of hydrogen-bond acceptors (Lipinski definition) is 6. The van der Waals surface area contributed by atoms with E-state index in [0.29, 0.717) is 17.8 Å². The van der Waals surface area contributed by atoms with Crippen molar-refractivity contribution in [1.29, 1.82) is 5.41 Å². The van der Waals surface area contributed by atoms with E-state index in [0.717, 1.165) is 5.56 Å². The highest BCUT2D eigenvalue weighted by Crippen LogP contribution is 2.24. The van der Waals surface area contributed by atoms with E-state index in [2.05, 4.69) is 10.1 Å². The zero-order valence-electron chi connectivity index (χ0n) is 16.1. The molecule has 7 heteroatoms. The lowest BCUT2D eigenvalue weighted by atomic mass is 9.92. The number of benzene rings is 2. The summed E-state index contributed by atoms with van der Waals surface area (Å²) < 4.78 is 19.1. The summed E-state index contributed by atoms with van der Waals surface area (Å²) in [5.74, 6) is -0.715. The van der Waals surface area contributed by atoms with Crippen molar-refractivity contribution >= 4 is 11.5 Å². The molecule has 29 heavy (non-hydrogen) atoms. The number of hydrogen-bond donors (Lipinski definition) is 2. The number of aromatic nitrogens is 2. The van der Waals surface area contributed by atoms with Gasteiger partial charge in [0.2, 0.25) is 11.7 Å². The van der Waals surface area contributed by atoms with Crippen LogP contribution in [0, 0.1) is 11.2 Å². The van der Waals surface area contributed by atoms with Crippen molar-refractivity contribution in [2.45, 2.75) is 38.1 Å². The topological polar surface area (TPSA) is 106 Å². The second-order valence-electron chi connectivity index (χ2n) is 6.88. The molecular weight excluding hydrogens is 371 g/mol. The predicted molar refractivity (Wildman–Crippen MR) is 108 cm³/mol. The van der Waals surface area contributed by atoms with E-state index in [4.69, 9.17) is 15.7 Å². The molecule has 2 atom stereocenters. The highest BCUT2D eigenvalue weighted by atomic mass is 19.1. The van der Waals surface area contributed by atoms with Crippen LogP contribution in [0.15, 0.2) is 59.1 Å². The van der Waals surface area contributed by atoms with Crippen molar-refractivity contribution in [3.8, 4) is 11.4 Å². The van der Waals surface area contributed by atoms with Crippen molar-refractivity contribution in [2.75, 3.05) is 0 Å². The summed E-state index contributed by atoms with van der Waals surface area (Å²) in [6.07, 6.45) is 0.633. The summed E-state index contributed by atoms with van der Waals surface area (Å²) in [6, 6.07) is 15.1. The number of halogens is 1. The summed E-state index contributed by atoms with van der Waals surface area (Å²) in [4.78, 5) is 17.0. The maximum Gasteiger partial charge on any atom is 0.236 e. The van der Waals surface area contributed by atoms with Crippen molar-refractivity contribution < 1.29 is 13.7 Å². The Labute approximate surface area is 168 Å². The molecule has 0 fully saturated rings. The van der Waals surface area contributed by atoms with Crippen molar-refractivity contribution in [2.24, 2.45) is 5.73 Å². The van der Waals surface area contributed by atoms with Crippen LogP contribution in [-0.2, 0) is 11.2 Å². The minimum Gasteiger partial charge on any atom is -0.338 e. The Bertz CT molecular complexity index is 987. The van der Waals surface area contributed by atoms with Gasteiger partial charge in [-0.25, -0.2) is 4.39 Å². The van der Waals surface area contributed by atoms with Gasteiger partial charge in [-0.3, -0.25) is 4.79 Å². The third kappa shape index (κ3) is 5.00. The van der Waals surface area contributed by atoms with Crippen LogP contribution in [-0.4, -0.2) is 27.7 Å². The Balaban J connectivity index is 1.67. The van der Waals surface area contributed by atoms with Crippen LogP contribution in [0.3, 0.4) is 0 Å². The van der Waals surface area contributed by atoms with E-state index in [1.54, 1.807) is 18.2 Å². The maximum atomic E-state index is 13.8. The Morgan fingerprint density at radius 1 is 1.17 bits per heavy atom. The minimum atomic E-state index is -0.604. The summed E-state index contributed by atoms with van der Waals surface area (Å²) >= 11 is 0. The van der Waals surface area contributed by atoms with Gasteiger partial charge in [-0.05, 0) is 24.5 Å². The summed E-state index contributed by atoms with van der Waals surface area (Å²) in [5, 5.41) is 12.3. The predicted octanol–water partition coefficient (Wildman–Crippen LogP) is 3.92. The molecule has 6 nitrogen and oxygen atoms in total. The average molecular weight is 394 g/mol. The molecule has 0 aliphatic heterocycles. The number of rotatable bonds is 9. The monoisotopic (exact) mass is 394 g/mol. The summed E-state index contributed by atoms with van der Waals surface area (Å²) in [7, 11) is 0. The number of nitrogens with zero attached hydrogens (tertiary/aromatic N) is 2. The van der Waals surface area contributed by atoms with Gasteiger partial charge in [-0.15, -0.1) is 0 Å². The second-order valence-corrected chi connectivity index (χ2v) is 6.88. The molecular formula is C22H23FN4O2. The fourth-order valence-electron chi connectivity index (χ4n) is 3.14. The van der Waals surface area contributed by atoms with E-state index in [9.17, 15) is 9.18 Å². The van der Waals surface area contributed by atoms with Crippen LogP contribution >= 0.6 is 0 Å². The van der Waals surface area contributed by atoms with Crippen LogP contribution in [0.1, 0.15) is 37.1 Å². The van der Waals surface area contributed by atoms with E-state index in [1.165, 1.54) is 6.07 Å². The molecule has 1 heterocycles. The van der Waals surface area contributed by atoms with Crippen LogP contribution in [0.25, 0.3) is 11.4 Å². The van der Waals surface area contributed by atoms with E-state index in [-0.39, 0.29) is 30.3 Å². The van der Waals surface area contributed by atoms with Crippen molar-refractivity contribution in [1.82, 2.24) is 10.1 Å². The highest BCUT2D eigenvalue weighted by molar-refractivity contribution is 6.40. The fourth-order valence-corrected chi connectivity index (χ4v) is 3.14. The summed E-state index contributed by atoms with van der Waals surface area (Å²) in [5.41, 5.74) is 7.16. The molecule has 0 spiro atoms. The minimum absolute atomic E-state index is 0.0522. The molecule has 0 aliphatic rings. The number of ketones is 1. The third-order valence-electron chi connectivity index (χ3n) is 4.72. The number of Topliss-reactive ketones (excluding diaryl/α,β-unsaturated/α-hetero) is 1. The van der Waals surface area contributed by atoms with Crippen LogP contribution in [0.5, 0.6) is 0 Å². The molecule has 0 saturated carbocycles. The molecule has 0 radical (unpaired) electrons. The molecule has 0 bridgehead atoms. The van der Waals surface area contributed by atoms with E-state index >= 15 is 0 Å². The van der Waals surface area contributed by atoms with Gasteiger partial charge in [0.1, 0.15) is 5.82 Å². The molecule has 3 aromatic rings.